The Kier molecular flexibility index (Phi) is 3.74. The van der Waals surface area contributed by atoms with Gasteiger partial charge in [-0.1, -0.05) is 13.8 Å². The van der Waals surface area contributed by atoms with Crippen LogP contribution in [0.4, 0.5) is 0 Å². The highest BCUT2D eigenvalue weighted by molar-refractivity contribution is 5.93. The van der Waals surface area contributed by atoms with Crippen LogP contribution in [0.15, 0.2) is 18.7 Å². The van der Waals surface area contributed by atoms with Crippen molar-refractivity contribution < 1.29 is 4.79 Å². The average molecular weight is 208 g/mol. The molecule has 1 rings (SSSR count). The minimum absolute atomic E-state index is 0.0920. The molecule has 5 heteroatoms. The van der Waals surface area contributed by atoms with Gasteiger partial charge in [-0.15, -0.1) is 0 Å². The first-order valence-electron chi connectivity index (χ1n) is 4.78. The van der Waals surface area contributed by atoms with Crippen LogP contribution in [-0.4, -0.2) is 29.0 Å². The Morgan fingerprint density at radius 1 is 1.47 bits per heavy atom. The highest BCUT2D eigenvalue weighted by Gasteiger charge is 2.17. The molecule has 15 heavy (non-hydrogen) atoms. The predicted molar refractivity (Wildman–Crippen MR) is 57.2 cm³/mol. The van der Waals surface area contributed by atoms with Crippen molar-refractivity contribution >= 4 is 5.91 Å². The summed E-state index contributed by atoms with van der Waals surface area (Å²) in [5, 5.41) is 2.79. The van der Waals surface area contributed by atoms with E-state index in [-0.39, 0.29) is 11.3 Å². The summed E-state index contributed by atoms with van der Waals surface area (Å²) in [6.07, 6.45) is 4.36. The SMILES string of the molecule is CC(C)(CN)CNC(=O)c1cncnc1. The van der Waals surface area contributed by atoms with Crippen molar-refractivity contribution in [2.45, 2.75) is 13.8 Å². The fourth-order valence-corrected chi connectivity index (χ4v) is 0.910. The number of hydrogen-bond donors (Lipinski definition) is 2. The molecule has 1 heterocycles. The van der Waals surface area contributed by atoms with Crippen LogP contribution < -0.4 is 11.1 Å². The lowest BCUT2D eigenvalue weighted by molar-refractivity contribution is 0.0937. The Labute approximate surface area is 89.1 Å². The molecule has 0 aliphatic heterocycles. The number of aromatic nitrogens is 2. The van der Waals surface area contributed by atoms with E-state index in [2.05, 4.69) is 15.3 Å². The number of rotatable bonds is 4. The molecule has 82 valence electrons. The van der Waals surface area contributed by atoms with Crippen LogP contribution in [0, 0.1) is 5.41 Å². The van der Waals surface area contributed by atoms with Crippen LogP contribution in [0.5, 0.6) is 0 Å². The summed E-state index contributed by atoms with van der Waals surface area (Å²) in [5.74, 6) is -0.169. The van der Waals surface area contributed by atoms with Crippen LogP contribution in [0.1, 0.15) is 24.2 Å². The third-order valence-corrected chi connectivity index (χ3v) is 2.10. The van der Waals surface area contributed by atoms with Gasteiger partial charge in [0.15, 0.2) is 0 Å². The third-order valence-electron chi connectivity index (χ3n) is 2.10. The zero-order chi connectivity index (χ0) is 11.3. The second-order valence-electron chi connectivity index (χ2n) is 4.18. The van der Waals surface area contributed by atoms with Gasteiger partial charge in [0.25, 0.3) is 5.91 Å². The van der Waals surface area contributed by atoms with Crippen molar-refractivity contribution in [2.24, 2.45) is 11.1 Å². The number of amides is 1. The van der Waals surface area contributed by atoms with Crippen LogP contribution in [-0.2, 0) is 0 Å². The number of nitrogens with zero attached hydrogens (tertiary/aromatic N) is 2. The summed E-state index contributed by atoms with van der Waals surface area (Å²) in [5.41, 5.74) is 5.93. The first-order valence-corrected chi connectivity index (χ1v) is 4.78. The summed E-state index contributed by atoms with van der Waals surface area (Å²) < 4.78 is 0. The van der Waals surface area contributed by atoms with E-state index >= 15 is 0 Å². The molecular formula is C10H16N4O. The molecule has 3 N–H and O–H groups in total. The highest BCUT2D eigenvalue weighted by Crippen LogP contribution is 2.10. The van der Waals surface area contributed by atoms with Crippen molar-refractivity contribution in [1.82, 2.24) is 15.3 Å². The maximum absolute atomic E-state index is 11.6. The average Bonchev–Trinajstić information content (AvgIpc) is 2.27. The van der Waals surface area contributed by atoms with Gasteiger partial charge in [-0.3, -0.25) is 4.79 Å². The van der Waals surface area contributed by atoms with E-state index in [1.165, 1.54) is 18.7 Å². The van der Waals surface area contributed by atoms with Crippen LogP contribution in [0.2, 0.25) is 0 Å². The minimum atomic E-state index is -0.169. The van der Waals surface area contributed by atoms with Crippen molar-refractivity contribution in [1.29, 1.82) is 0 Å². The fraction of sp³-hybridized carbons (Fsp3) is 0.500. The van der Waals surface area contributed by atoms with E-state index in [0.717, 1.165) is 0 Å². The second kappa shape index (κ2) is 4.84. The minimum Gasteiger partial charge on any atom is -0.351 e. The van der Waals surface area contributed by atoms with Gasteiger partial charge < -0.3 is 11.1 Å². The van der Waals surface area contributed by atoms with Gasteiger partial charge in [-0.05, 0) is 12.0 Å². The number of nitrogens with one attached hydrogen (secondary N) is 1. The quantitative estimate of drug-likeness (QED) is 0.740. The lowest BCUT2D eigenvalue weighted by Gasteiger charge is -2.22. The standard InChI is InChI=1S/C10H16N4O/c1-10(2,5-11)6-14-9(15)8-3-12-7-13-4-8/h3-4,7H,5-6,11H2,1-2H3,(H,14,15). The van der Waals surface area contributed by atoms with Gasteiger partial charge in [0, 0.05) is 18.9 Å². The molecule has 0 saturated heterocycles. The molecule has 0 bridgehead atoms. The summed E-state index contributed by atoms with van der Waals surface area (Å²) in [4.78, 5) is 19.1. The molecule has 0 aliphatic rings. The Morgan fingerprint density at radius 2 is 2.07 bits per heavy atom. The first-order chi connectivity index (χ1) is 7.05. The fourth-order valence-electron chi connectivity index (χ4n) is 0.910. The Hall–Kier alpha value is -1.49. The number of hydrogen-bond acceptors (Lipinski definition) is 4. The van der Waals surface area contributed by atoms with E-state index in [0.29, 0.717) is 18.7 Å². The van der Waals surface area contributed by atoms with Gasteiger partial charge in [0.05, 0.1) is 5.56 Å². The van der Waals surface area contributed by atoms with Crippen molar-refractivity contribution in [3.8, 4) is 0 Å². The zero-order valence-corrected chi connectivity index (χ0v) is 9.03. The van der Waals surface area contributed by atoms with Crippen LogP contribution in [0.25, 0.3) is 0 Å². The molecule has 1 aromatic heterocycles. The molecule has 1 amide bonds. The summed E-state index contributed by atoms with van der Waals surface area (Å²) in [7, 11) is 0. The normalized spacial score (nSPS) is 11.1. The molecule has 0 unspecified atom stereocenters. The van der Waals surface area contributed by atoms with Crippen molar-refractivity contribution in [2.75, 3.05) is 13.1 Å². The zero-order valence-electron chi connectivity index (χ0n) is 9.03. The number of carbonyl (C=O) groups is 1. The Bertz CT molecular complexity index is 323. The van der Waals surface area contributed by atoms with Crippen molar-refractivity contribution in [3.05, 3.63) is 24.3 Å². The maximum atomic E-state index is 11.6. The van der Waals surface area contributed by atoms with Gasteiger partial charge in [0.2, 0.25) is 0 Å². The van der Waals surface area contributed by atoms with Crippen LogP contribution in [0.3, 0.4) is 0 Å². The van der Waals surface area contributed by atoms with Gasteiger partial charge >= 0.3 is 0 Å². The molecule has 0 fully saturated rings. The molecule has 1 aromatic rings. The second-order valence-corrected chi connectivity index (χ2v) is 4.18. The molecule has 0 atom stereocenters. The van der Waals surface area contributed by atoms with E-state index in [4.69, 9.17) is 5.73 Å². The first kappa shape index (κ1) is 11.6. The smallest absolute Gasteiger partial charge is 0.254 e. The third kappa shape index (κ3) is 3.63. The summed E-state index contributed by atoms with van der Waals surface area (Å²) >= 11 is 0. The highest BCUT2D eigenvalue weighted by atomic mass is 16.1. The van der Waals surface area contributed by atoms with Crippen LogP contribution >= 0.6 is 0 Å². The maximum Gasteiger partial charge on any atom is 0.254 e. The monoisotopic (exact) mass is 208 g/mol. The van der Waals surface area contributed by atoms with E-state index in [9.17, 15) is 4.79 Å². The predicted octanol–water partition coefficient (Wildman–Crippen LogP) is 0.191. The van der Waals surface area contributed by atoms with Gasteiger partial charge in [-0.2, -0.15) is 0 Å². The van der Waals surface area contributed by atoms with Crippen molar-refractivity contribution in [3.63, 3.8) is 0 Å². The van der Waals surface area contributed by atoms with E-state index in [1.807, 2.05) is 13.8 Å². The Balaban J connectivity index is 2.51. The summed E-state index contributed by atoms with van der Waals surface area (Å²) in [6.45, 7) is 5.05. The largest absolute Gasteiger partial charge is 0.351 e. The van der Waals surface area contributed by atoms with Gasteiger partial charge in [-0.25, -0.2) is 9.97 Å². The van der Waals surface area contributed by atoms with E-state index in [1.54, 1.807) is 0 Å². The lowest BCUT2D eigenvalue weighted by Crippen LogP contribution is -2.38. The summed E-state index contributed by atoms with van der Waals surface area (Å²) in [6, 6.07) is 0. The lowest BCUT2D eigenvalue weighted by atomic mass is 9.94. The number of carbonyl (C=O) groups excluding carboxylic acids is 1. The molecule has 0 aliphatic carbocycles. The molecule has 0 aromatic carbocycles. The number of nitrogens with two attached hydrogens (primary N) is 1. The topological polar surface area (TPSA) is 80.9 Å². The van der Waals surface area contributed by atoms with Gasteiger partial charge in [0.1, 0.15) is 6.33 Å². The molecule has 0 spiro atoms. The molecular weight excluding hydrogens is 192 g/mol. The molecule has 0 saturated carbocycles. The molecule has 5 nitrogen and oxygen atoms in total. The molecule has 0 radical (unpaired) electrons. The van der Waals surface area contributed by atoms with E-state index < -0.39 is 0 Å². The Morgan fingerprint density at radius 3 is 2.60 bits per heavy atom.